The summed E-state index contributed by atoms with van der Waals surface area (Å²) in [4.78, 5) is 24.4. The number of carbonyl (C=O) groups excluding carboxylic acids is 1. The summed E-state index contributed by atoms with van der Waals surface area (Å²) < 4.78 is 4.91. The maximum atomic E-state index is 11.8. The third kappa shape index (κ3) is 4.93. The molecule has 19 heavy (non-hydrogen) atoms. The highest BCUT2D eigenvalue weighted by Gasteiger charge is 2.48. The number of amides is 1. The van der Waals surface area contributed by atoms with Crippen LogP contribution < -0.4 is 0 Å². The summed E-state index contributed by atoms with van der Waals surface area (Å²) >= 11 is 1.63. The van der Waals surface area contributed by atoms with Gasteiger partial charge in [-0.3, -0.25) is 4.79 Å². The molecular weight excluding hydrogens is 266 g/mol. The Kier molecular flexibility index (Phi) is 4.76. The fourth-order valence-electron chi connectivity index (χ4n) is 2.11. The van der Waals surface area contributed by atoms with Crippen molar-refractivity contribution >= 4 is 23.8 Å². The normalized spacial score (nSPS) is 18.1. The molecule has 1 saturated heterocycles. The molecule has 0 aromatic rings. The number of rotatable bonds is 4. The number of nitrogens with zero attached hydrogens (tertiary/aromatic N) is 1. The number of carboxylic acid groups (broad SMARTS) is 1. The predicted molar refractivity (Wildman–Crippen MR) is 75.5 cm³/mol. The fourth-order valence-corrected chi connectivity index (χ4v) is 3.78. The van der Waals surface area contributed by atoms with E-state index in [4.69, 9.17) is 9.84 Å². The number of hydrogen-bond acceptors (Lipinski definition) is 4. The van der Waals surface area contributed by atoms with Crippen molar-refractivity contribution in [3.05, 3.63) is 0 Å². The van der Waals surface area contributed by atoms with E-state index < -0.39 is 11.6 Å². The van der Waals surface area contributed by atoms with Crippen LogP contribution in [0.4, 0.5) is 4.79 Å². The van der Waals surface area contributed by atoms with Gasteiger partial charge in [0.25, 0.3) is 0 Å². The Morgan fingerprint density at radius 3 is 2.26 bits per heavy atom. The van der Waals surface area contributed by atoms with Gasteiger partial charge in [0.15, 0.2) is 0 Å². The fraction of sp³-hybridized carbons (Fsp3) is 0.846. The zero-order valence-electron chi connectivity index (χ0n) is 12.2. The number of hydrogen-bond donors (Lipinski definition) is 1. The molecule has 1 rings (SSSR count). The van der Waals surface area contributed by atoms with Crippen LogP contribution in [-0.2, 0) is 9.53 Å². The van der Waals surface area contributed by atoms with Crippen molar-refractivity contribution in [1.82, 2.24) is 4.90 Å². The summed E-state index contributed by atoms with van der Waals surface area (Å²) in [5.74, 6) is -0.822. The zero-order chi connectivity index (χ0) is 14.8. The van der Waals surface area contributed by atoms with Gasteiger partial charge in [0.2, 0.25) is 0 Å². The number of carboxylic acids is 1. The average molecular weight is 289 g/mol. The summed E-state index contributed by atoms with van der Waals surface area (Å²) in [6.07, 6.45) is -0.285. The standard InChI is InChI=1S/C13H23NO4S/c1-9(2)19-13(6-10(15)16)7-14(8-13)11(17)18-12(3,4)5/h9H,6-8H2,1-5H3,(H,15,16). The summed E-state index contributed by atoms with van der Waals surface area (Å²) in [5, 5.41) is 9.32. The Morgan fingerprint density at radius 1 is 1.37 bits per heavy atom. The van der Waals surface area contributed by atoms with Gasteiger partial charge in [-0.25, -0.2) is 4.79 Å². The Morgan fingerprint density at radius 2 is 1.89 bits per heavy atom. The van der Waals surface area contributed by atoms with Crippen molar-refractivity contribution in [3.63, 3.8) is 0 Å². The largest absolute Gasteiger partial charge is 0.481 e. The van der Waals surface area contributed by atoms with Gasteiger partial charge >= 0.3 is 12.1 Å². The van der Waals surface area contributed by atoms with Crippen molar-refractivity contribution in [2.45, 2.75) is 56.6 Å². The first-order chi connectivity index (χ1) is 8.53. The number of thioether (sulfide) groups is 1. The van der Waals surface area contributed by atoms with Crippen LogP contribution in [0, 0.1) is 0 Å². The van der Waals surface area contributed by atoms with Gasteiger partial charge < -0.3 is 14.7 Å². The smallest absolute Gasteiger partial charge is 0.410 e. The molecule has 0 radical (unpaired) electrons. The number of likely N-dealkylation sites (tertiary alicyclic amines) is 1. The minimum absolute atomic E-state index is 0.0785. The second-order valence-electron chi connectivity index (χ2n) is 6.26. The maximum Gasteiger partial charge on any atom is 0.410 e. The minimum atomic E-state index is -0.822. The number of carbonyl (C=O) groups is 2. The van der Waals surface area contributed by atoms with Crippen molar-refractivity contribution in [3.8, 4) is 0 Å². The van der Waals surface area contributed by atoms with Crippen LogP contribution in [0.15, 0.2) is 0 Å². The van der Waals surface area contributed by atoms with Crippen LogP contribution in [-0.4, -0.2) is 50.8 Å². The van der Waals surface area contributed by atoms with E-state index >= 15 is 0 Å². The summed E-state index contributed by atoms with van der Waals surface area (Å²) in [6, 6.07) is 0. The first-order valence-corrected chi connectivity index (χ1v) is 7.28. The highest BCUT2D eigenvalue weighted by Crippen LogP contribution is 2.41. The molecule has 0 saturated carbocycles. The van der Waals surface area contributed by atoms with E-state index in [-0.39, 0.29) is 17.3 Å². The van der Waals surface area contributed by atoms with E-state index in [9.17, 15) is 9.59 Å². The van der Waals surface area contributed by atoms with Crippen LogP contribution in [0.1, 0.15) is 41.0 Å². The van der Waals surface area contributed by atoms with E-state index in [0.717, 1.165) is 0 Å². The number of aliphatic carboxylic acids is 1. The van der Waals surface area contributed by atoms with E-state index in [1.807, 2.05) is 34.6 Å². The molecule has 5 nitrogen and oxygen atoms in total. The van der Waals surface area contributed by atoms with E-state index in [2.05, 4.69) is 0 Å². The molecular formula is C13H23NO4S. The Labute approximate surface area is 118 Å². The van der Waals surface area contributed by atoms with Gasteiger partial charge in [0, 0.05) is 13.1 Å². The molecule has 0 aliphatic carbocycles. The Balaban J connectivity index is 2.59. The third-order valence-electron chi connectivity index (χ3n) is 2.57. The molecule has 6 heteroatoms. The molecule has 1 fully saturated rings. The summed E-state index contributed by atoms with van der Waals surface area (Å²) in [7, 11) is 0. The van der Waals surface area contributed by atoms with Crippen molar-refractivity contribution in [1.29, 1.82) is 0 Å². The number of ether oxygens (including phenoxy) is 1. The molecule has 0 aromatic heterocycles. The summed E-state index contributed by atoms with van der Waals surface area (Å²) in [5.41, 5.74) is -0.521. The van der Waals surface area contributed by atoms with Crippen LogP contribution in [0.25, 0.3) is 0 Å². The minimum Gasteiger partial charge on any atom is -0.481 e. The van der Waals surface area contributed by atoms with Gasteiger partial charge in [-0.15, -0.1) is 11.8 Å². The van der Waals surface area contributed by atoms with Crippen LogP contribution in [0.3, 0.4) is 0 Å². The van der Waals surface area contributed by atoms with Gasteiger partial charge in [-0.2, -0.15) is 0 Å². The lowest BCUT2D eigenvalue weighted by Crippen LogP contribution is -2.63. The first kappa shape index (κ1) is 16.1. The van der Waals surface area contributed by atoms with Crippen LogP contribution in [0.2, 0.25) is 0 Å². The molecule has 110 valence electrons. The molecule has 1 heterocycles. The molecule has 0 spiro atoms. The van der Waals surface area contributed by atoms with Crippen LogP contribution in [0.5, 0.6) is 0 Å². The topological polar surface area (TPSA) is 66.8 Å². The molecule has 1 N–H and O–H groups in total. The highest BCUT2D eigenvalue weighted by molar-refractivity contribution is 8.01. The molecule has 1 amide bonds. The molecule has 0 aromatic carbocycles. The van der Waals surface area contributed by atoms with Crippen molar-refractivity contribution in [2.75, 3.05) is 13.1 Å². The van der Waals surface area contributed by atoms with E-state index in [1.54, 1.807) is 16.7 Å². The first-order valence-electron chi connectivity index (χ1n) is 6.40. The molecule has 0 unspecified atom stereocenters. The molecule has 1 aliphatic rings. The molecule has 1 aliphatic heterocycles. The van der Waals surface area contributed by atoms with Crippen molar-refractivity contribution in [2.24, 2.45) is 0 Å². The Bertz CT molecular complexity index is 356. The van der Waals surface area contributed by atoms with Gasteiger partial charge in [0.05, 0.1) is 11.2 Å². The summed E-state index contributed by atoms with van der Waals surface area (Å²) in [6.45, 7) is 10.4. The lowest BCUT2D eigenvalue weighted by atomic mass is 9.95. The quantitative estimate of drug-likeness (QED) is 0.861. The molecule has 0 atom stereocenters. The van der Waals surface area contributed by atoms with Gasteiger partial charge in [-0.1, -0.05) is 13.8 Å². The van der Waals surface area contributed by atoms with E-state index in [1.165, 1.54) is 0 Å². The monoisotopic (exact) mass is 289 g/mol. The lowest BCUT2D eigenvalue weighted by Gasteiger charge is -2.49. The SMILES string of the molecule is CC(C)SC1(CC(=O)O)CN(C(=O)OC(C)(C)C)C1. The highest BCUT2D eigenvalue weighted by atomic mass is 32.2. The van der Waals surface area contributed by atoms with Gasteiger partial charge in [0.1, 0.15) is 5.60 Å². The predicted octanol–water partition coefficient (Wildman–Crippen LogP) is 2.59. The Hall–Kier alpha value is -0.910. The molecule has 0 bridgehead atoms. The average Bonchev–Trinajstić information content (AvgIpc) is 2.07. The van der Waals surface area contributed by atoms with Gasteiger partial charge in [-0.05, 0) is 26.0 Å². The third-order valence-corrected chi connectivity index (χ3v) is 3.94. The second kappa shape index (κ2) is 5.61. The van der Waals surface area contributed by atoms with E-state index in [0.29, 0.717) is 18.3 Å². The second-order valence-corrected chi connectivity index (χ2v) is 8.30. The zero-order valence-corrected chi connectivity index (χ0v) is 13.0. The van der Waals surface area contributed by atoms with Crippen molar-refractivity contribution < 1.29 is 19.4 Å². The maximum absolute atomic E-state index is 11.8. The van der Waals surface area contributed by atoms with Crippen LogP contribution >= 0.6 is 11.8 Å². The lowest BCUT2D eigenvalue weighted by molar-refractivity contribution is -0.138.